The Morgan fingerprint density at radius 3 is 2.83 bits per heavy atom. The van der Waals surface area contributed by atoms with Gasteiger partial charge in [-0.15, -0.1) is 0 Å². The number of carbonyl (C=O) groups is 1. The number of aromatic carboxylic acids is 1. The van der Waals surface area contributed by atoms with Gasteiger partial charge in [0, 0.05) is 25.7 Å². The Morgan fingerprint density at radius 1 is 1.50 bits per heavy atom. The first kappa shape index (κ1) is 12.8. The average Bonchev–Trinajstić information content (AvgIpc) is 2.81. The fraction of sp³-hybridized carbons (Fsp3) is 0.636. The maximum absolute atomic E-state index is 10.8. The van der Waals surface area contributed by atoms with Gasteiger partial charge in [-0.3, -0.25) is 4.90 Å². The van der Waals surface area contributed by atoms with Crippen molar-refractivity contribution in [2.75, 3.05) is 40.0 Å². The van der Waals surface area contributed by atoms with Crippen LogP contribution in [0.5, 0.6) is 5.88 Å². The number of rotatable bonds is 5. The van der Waals surface area contributed by atoms with E-state index in [0.717, 1.165) is 32.8 Å². The zero-order valence-corrected chi connectivity index (χ0v) is 10.3. The Kier molecular flexibility index (Phi) is 4.16. The maximum atomic E-state index is 10.8. The number of ether oxygens (including phenoxy) is 2. The topological polar surface area (TPSA) is 76.8 Å². The Balaban J connectivity index is 1.96. The minimum atomic E-state index is -1.04. The van der Waals surface area contributed by atoms with Gasteiger partial charge in [0.2, 0.25) is 5.88 Å². The number of hydrogen-bond acceptors (Lipinski definition) is 5. The van der Waals surface area contributed by atoms with E-state index in [9.17, 15) is 4.79 Å². The zero-order valence-electron chi connectivity index (χ0n) is 10.3. The van der Waals surface area contributed by atoms with Crippen LogP contribution < -0.4 is 4.74 Å². The summed E-state index contributed by atoms with van der Waals surface area (Å²) in [6.07, 6.45) is 0. The molecule has 0 bridgehead atoms. The van der Waals surface area contributed by atoms with E-state index in [1.807, 2.05) is 0 Å². The maximum Gasteiger partial charge on any atom is 0.356 e. The van der Waals surface area contributed by atoms with Crippen molar-refractivity contribution >= 4 is 5.97 Å². The molecule has 0 atom stereocenters. The van der Waals surface area contributed by atoms with Gasteiger partial charge in [0.15, 0.2) is 5.69 Å². The Labute approximate surface area is 105 Å². The minimum absolute atomic E-state index is 0.00817. The van der Waals surface area contributed by atoms with Crippen molar-refractivity contribution in [3.63, 3.8) is 0 Å². The number of aromatic nitrogens is 2. The van der Waals surface area contributed by atoms with Crippen LogP contribution in [0, 0.1) is 0 Å². The molecule has 0 spiro atoms. The Morgan fingerprint density at radius 2 is 2.22 bits per heavy atom. The second-order valence-corrected chi connectivity index (χ2v) is 4.05. The predicted octanol–water partition coefficient (Wildman–Crippen LogP) is -0.0779. The number of morpholine rings is 1. The third kappa shape index (κ3) is 2.99. The first-order chi connectivity index (χ1) is 8.70. The van der Waals surface area contributed by atoms with Crippen LogP contribution in [-0.2, 0) is 11.3 Å². The molecule has 1 aliphatic rings. The van der Waals surface area contributed by atoms with E-state index in [-0.39, 0.29) is 5.69 Å². The van der Waals surface area contributed by atoms with Crippen LogP contribution in [0.25, 0.3) is 0 Å². The molecule has 7 nitrogen and oxygen atoms in total. The summed E-state index contributed by atoms with van der Waals surface area (Å²) >= 11 is 0. The summed E-state index contributed by atoms with van der Waals surface area (Å²) in [6.45, 7) is 4.70. The molecule has 0 saturated carbocycles. The van der Waals surface area contributed by atoms with Gasteiger partial charge in [0.1, 0.15) is 0 Å². The van der Waals surface area contributed by atoms with E-state index in [2.05, 4.69) is 10.00 Å². The highest BCUT2D eigenvalue weighted by atomic mass is 16.5. The first-order valence-corrected chi connectivity index (χ1v) is 5.86. The van der Waals surface area contributed by atoms with E-state index in [1.165, 1.54) is 13.2 Å². The van der Waals surface area contributed by atoms with Crippen molar-refractivity contribution in [3.8, 4) is 5.88 Å². The van der Waals surface area contributed by atoms with Crippen LogP contribution in [0.1, 0.15) is 10.5 Å². The predicted molar refractivity (Wildman–Crippen MR) is 63.0 cm³/mol. The average molecular weight is 255 g/mol. The summed E-state index contributed by atoms with van der Waals surface area (Å²) in [4.78, 5) is 13.1. The minimum Gasteiger partial charge on any atom is -0.481 e. The van der Waals surface area contributed by atoms with Crippen molar-refractivity contribution < 1.29 is 19.4 Å². The van der Waals surface area contributed by atoms with Crippen molar-refractivity contribution in [2.45, 2.75) is 6.54 Å². The summed E-state index contributed by atoms with van der Waals surface area (Å²) < 4.78 is 12.0. The molecule has 7 heteroatoms. The molecule has 1 aromatic heterocycles. The van der Waals surface area contributed by atoms with Crippen LogP contribution >= 0.6 is 0 Å². The van der Waals surface area contributed by atoms with Crippen LogP contribution in [0.2, 0.25) is 0 Å². The third-order valence-corrected chi connectivity index (χ3v) is 2.90. The van der Waals surface area contributed by atoms with Gasteiger partial charge in [-0.2, -0.15) is 5.10 Å². The molecule has 0 radical (unpaired) electrons. The van der Waals surface area contributed by atoms with Gasteiger partial charge >= 0.3 is 5.97 Å². The fourth-order valence-electron chi connectivity index (χ4n) is 1.89. The highest BCUT2D eigenvalue weighted by Crippen LogP contribution is 2.13. The van der Waals surface area contributed by atoms with E-state index in [1.54, 1.807) is 4.68 Å². The molecule has 1 aromatic rings. The lowest BCUT2D eigenvalue weighted by Gasteiger charge is -2.26. The molecular weight excluding hydrogens is 238 g/mol. The lowest BCUT2D eigenvalue weighted by molar-refractivity contribution is 0.0356. The number of nitrogens with zero attached hydrogens (tertiary/aromatic N) is 3. The second kappa shape index (κ2) is 5.83. The van der Waals surface area contributed by atoms with Crippen LogP contribution in [0.3, 0.4) is 0 Å². The number of carboxylic acids is 1. The summed E-state index contributed by atoms with van der Waals surface area (Å²) in [6, 6.07) is 1.43. The molecule has 0 aromatic carbocycles. The standard InChI is InChI=1S/C11H17N3O4/c1-17-10-8-9(11(15)16)12-14(10)3-2-13-4-6-18-7-5-13/h8H,2-7H2,1H3,(H,15,16). The first-order valence-electron chi connectivity index (χ1n) is 5.86. The zero-order chi connectivity index (χ0) is 13.0. The van der Waals surface area contributed by atoms with Gasteiger partial charge in [0.25, 0.3) is 0 Å². The lowest BCUT2D eigenvalue weighted by atomic mass is 10.4. The molecular formula is C11H17N3O4. The van der Waals surface area contributed by atoms with Gasteiger partial charge in [0.05, 0.1) is 26.9 Å². The summed E-state index contributed by atoms with van der Waals surface area (Å²) in [5.41, 5.74) is 0.00817. The SMILES string of the molecule is COc1cc(C(=O)O)nn1CCN1CCOCC1. The molecule has 0 unspecified atom stereocenters. The third-order valence-electron chi connectivity index (χ3n) is 2.90. The number of hydrogen-bond donors (Lipinski definition) is 1. The van der Waals surface area contributed by atoms with Crippen LogP contribution in [0.4, 0.5) is 0 Å². The highest BCUT2D eigenvalue weighted by molar-refractivity contribution is 5.85. The summed E-state index contributed by atoms with van der Waals surface area (Å²) in [7, 11) is 1.51. The normalized spacial score (nSPS) is 16.7. The van der Waals surface area contributed by atoms with E-state index >= 15 is 0 Å². The molecule has 2 heterocycles. The monoisotopic (exact) mass is 255 g/mol. The molecule has 100 valence electrons. The van der Waals surface area contributed by atoms with Crippen molar-refractivity contribution in [3.05, 3.63) is 11.8 Å². The molecule has 1 saturated heterocycles. The van der Waals surface area contributed by atoms with Crippen LogP contribution in [0.15, 0.2) is 6.07 Å². The van der Waals surface area contributed by atoms with Gasteiger partial charge < -0.3 is 14.6 Å². The second-order valence-electron chi connectivity index (χ2n) is 4.05. The van der Waals surface area contributed by atoms with Crippen LogP contribution in [-0.4, -0.2) is 65.7 Å². The molecule has 18 heavy (non-hydrogen) atoms. The Bertz CT molecular complexity index is 412. The number of methoxy groups -OCH3 is 1. The molecule has 0 aliphatic carbocycles. The smallest absolute Gasteiger partial charge is 0.356 e. The van der Waals surface area contributed by atoms with Gasteiger partial charge in [-0.25, -0.2) is 9.48 Å². The van der Waals surface area contributed by atoms with Gasteiger partial charge in [-0.05, 0) is 0 Å². The molecule has 1 aliphatic heterocycles. The van der Waals surface area contributed by atoms with E-state index in [4.69, 9.17) is 14.6 Å². The number of carboxylic acid groups (broad SMARTS) is 1. The van der Waals surface area contributed by atoms with Crippen molar-refractivity contribution in [1.29, 1.82) is 0 Å². The largest absolute Gasteiger partial charge is 0.481 e. The van der Waals surface area contributed by atoms with Crippen molar-refractivity contribution in [2.24, 2.45) is 0 Å². The quantitative estimate of drug-likeness (QED) is 0.793. The van der Waals surface area contributed by atoms with E-state index < -0.39 is 5.97 Å². The summed E-state index contributed by atoms with van der Waals surface area (Å²) in [5.74, 6) is -0.570. The molecule has 1 N–H and O–H groups in total. The summed E-state index contributed by atoms with van der Waals surface area (Å²) in [5, 5.41) is 12.9. The van der Waals surface area contributed by atoms with Gasteiger partial charge in [-0.1, -0.05) is 0 Å². The molecule has 1 fully saturated rings. The molecule has 0 amide bonds. The van der Waals surface area contributed by atoms with Crippen molar-refractivity contribution in [1.82, 2.24) is 14.7 Å². The molecule has 2 rings (SSSR count). The lowest BCUT2D eigenvalue weighted by Crippen LogP contribution is -2.38. The van der Waals surface area contributed by atoms with E-state index in [0.29, 0.717) is 12.4 Å². The fourth-order valence-corrected chi connectivity index (χ4v) is 1.89. The highest BCUT2D eigenvalue weighted by Gasteiger charge is 2.15. The Hall–Kier alpha value is -1.60.